The summed E-state index contributed by atoms with van der Waals surface area (Å²) < 4.78 is 17.7. The second-order valence-electron chi connectivity index (χ2n) is 11.5. The van der Waals surface area contributed by atoms with Crippen LogP contribution in [0.1, 0.15) is 52.4 Å². The topological polar surface area (TPSA) is 108 Å². The average molecular weight is 458 g/mol. The Labute approximate surface area is 192 Å². The van der Waals surface area contributed by atoms with Crippen molar-refractivity contribution in [2.45, 2.75) is 70.6 Å². The highest BCUT2D eigenvalue weighted by Gasteiger charge is 2.81. The van der Waals surface area contributed by atoms with E-state index in [4.69, 9.17) is 14.2 Å². The molecule has 3 heterocycles. The van der Waals surface area contributed by atoms with E-state index in [-0.39, 0.29) is 23.8 Å². The van der Waals surface area contributed by atoms with Crippen molar-refractivity contribution in [1.29, 1.82) is 0 Å². The molecule has 8 nitrogen and oxygen atoms in total. The molecular weight excluding hydrogens is 426 g/mol. The summed E-state index contributed by atoms with van der Waals surface area (Å²) in [5.41, 5.74) is -2.47. The van der Waals surface area contributed by atoms with Crippen LogP contribution in [0.5, 0.6) is 0 Å². The molecule has 6 aliphatic rings. The van der Waals surface area contributed by atoms with E-state index in [0.717, 1.165) is 19.4 Å². The first-order chi connectivity index (χ1) is 15.7. The SMILES string of the molecule is C=C1C(=O)[C@@]23C(=O)O[C@H]4CCC(C)(C)[C@H]5C(=O)OC[C@@]45[C@@H]2CC[C@@H]1[C@H]3OC(=O)[C@H]1CCCN1. The van der Waals surface area contributed by atoms with Gasteiger partial charge in [-0.25, -0.2) is 0 Å². The van der Waals surface area contributed by atoms with Gasteiger partial charge in [-0.05, 0) is 62.0 Å². The number of hydrogen-bond donors (Lipinski definition) is 1. The predicted octanol–water partition coefficient (Wildman–Crippen LogP) is 1.71. The van der Waals surface area contributed by atoms with Crippen LogP contribution in [0, 0.1) is 34.0 Å². The molecule has 0 amide bonds. The minimum absolute atomic E-state index is 0.125. The van der Waals surface area contributed by atoms with Gasteiger partial charge in [-0.15, -0.1) is 0 Å². The second kappa shape index (κ2) is 6.68. The van der Waals surface area contributed by atoms with Crippen LogP contribution in [0.15, 0.2) is 12.2 Å². The average Bonchev–Trinajstić information content (AvgIpc) is 3.45. The van der Waals surface area contributed by atoms with E-state index in [1.165, 1.54) is 0 Å². The Hall–Kier alpha value is -2.22. The number of esters is 3. The summed E-state index contributed by atoms with van der Waals surface area (Å²) in [6, 6.07) is -0.437. The Morgan fingerprint density at radius 2 is 1.94 bits per heavy atom. The zero-order valence-electron chi connectivity index (χ0n) is 19.2. The van der Waals surface area contributed by atoms with E-state index >= 15 is 0 Å². The Kier molecular flexibility index (Phi) is 4.31. The lowest BCUT2D eigenvalue weighted by Gasteiger charge is -2.61. The van der Waals surface area contributed by atoms with Gasteiger partial charge >= 0.3 is 17.9 Å². The minimum atomic E-state index is -1.65. The fourth-order valence-corrected chi connectivity index (χ4v) is 8.38. The molecule has 33 heavy (non-hydrogen) atoms. The lowest BCUT2D eigenvalue weighted by atomic mass is 9.43. The normalized spacial score (nSPS) is 47.3. The third kappa shape index (κ3) is 2.40. The number of Topliss-reactive ketones (excluding diaryl/α,β-unsaturated/α-hetero) is 1. The maximum atomic E-state index is 13.8. The van der Waals surface area contributed by atoms with Crippen molar-refractivity contribution in [2.75, 3.05) is 13.2 Å². The molecule has 3 saturated carbocycles. The second-order valence-corrected chi connectivity index (χ2v) is 11.5. The van der Waals surface area contributed by atoms with Gasteiger partial charge in [-0.2, -0.15) is 0 Å². The van der Waals surface area contributed by atoms with Gasteiger partial charge in [-0.1, -0.05) is 20.4 Å². The van der Waals surface area contributed by atoms with Gasteiger partial charge in [0.2, 0.25) is 0 Å². The van der Waals surface area contributed by atoms with Crippen molar-refractivity contribution < 1.29 is 33.4 Å². The number of rotatable bonds is 2. The molecule has 0 aromatic rings. The molecule has 2 spiro atoms. The van der Waals surface area contributed by atoms with Crippen LogP contribution in [0.4, 0.5) is 0 Å². The Morgan fingerprint density at radius 3 is 2.67 bits per heavy atom. The number of fused-ring (bicyclic) bond motifs is 1. The fraction of sp³-hybridized carbons (Fsp3) is 0.760. The van der Waals surface area contributed by atoms with Gasteiger partial charge < -0.3 is 19.5 Å². The Bertz CT molecular complexity index is 981. The van der Waals surface area contributed by atoms with Crippen molar-refractivity contribution in [3.63, 3.8) is 0 Å². The van der Waals surface area contributed by atoms with E-state index in [0.29, 0.717) is 31.3 Å². The first-order valence-electron chi connectivity index (χ1n) is 12.2. The minimum Gasteiger partial charge on any atom is -0.465 e. The van der Waals surface area contributed by atoms with E-state index < -0.39 is 58.8 Å². The Morgan fingerprint density at radius 1 is 1.15 bits per heavy atom. The number of ether oxygens (including phenoxy) is 3. The van der Waals surface area contributed by atoms with Crippen molar-refractivity contribution in [3.8, 4) is 0 Å². The van der Waals surface area contributed by atoms with Crippen molar-refractivity contribution in [3.05, 3.63) is 12.2 Å². The van der Waals surface area contributed by atoms with Crippen LogP contribution in [0.2, 0.25) is 0 Å². The highest BCUT2D eigenvalue weighted by atomic mass is 16.6. The van der Waals surface area contributed by atoms with Gasteiger partial charge in [-0.3, -0.25) is 19.2 Å². The number of cyclic esters (lactones) is 1. The Balaban J connectivity index is 1.48. The van der Waals surface area contributed by atoms with Crippen LogP contribution in [0.3, 0.4) is 0 Å². The standard InChI is InChI=1S/C25H31NO7/c1-12-13-6-7-15-24-11-31-21(29)17(24)23(2,3)9-8-16(24)32-22(30)25(15,18(12)27)19(13)33-20(28)14-5-4-10-26-14/h13-17,19,26H,1,4-11H2,2-3H3/t13-,14+,15-,16-,17+,19+,24+,25-/m0/s1. The van der Waals surface area contributed by atoms with Crippen LogP contribution in [-0.4, -0.2) is 55.1 Å². The van der Waals surface area contributed by atoms with E-state index in [1.807, 2.05) is 0 Å². The quantitative estimate of drug-likeness (QED) is 0.289. The summed E-state index contributed by atoms with van der Waals surface area (Å²) in [6.07, 6.45) is 2.59. The largest absolute Gasteiger partial charge is 0.465 e. The molecule has 3 saturated heterocycles. The molecule has 178 valence electrons. The summed E-state index contributed by atoms with van der Waals surface area (Å²) in [4.78, 5) is 53.7. The maximum absolute atomic E-state index is 13.8. The van der Waals surface area contributed by atoms with Crippen LogP contribution in [0.25, 0.3) is 0 Å². The molecule has 0 aromatic heterocycles. The van der Waals surface area contributed by atoms with Gasteiger partial charge in [0.05, 0.1) is 11.3 Å². The summed E-state index contributed by atoms with van der Waals surface area (Å²) in [7, 11) is 0. The number of carbonyl (C=O) groups is 4. The molecule has 0 aromatic carbocycles. The van der Waals surface area contributed by atoms with Gasteiger partial charge in [0.25, 0.3) is 0 Å². The van der Waals surface area contributed by atoms with Crippen LogP contribution < -0.4 is 5.32 Å². The van der Waals surface area contributed by atoms with Gasteiger partial charge in [0.15, 0.2) is 11.2 Å². The van der Waals surface area contributed by atoms with Gasteiger partial charge in [0.1, 0.15) is 24.9 Å². The molecule has 2 bridgehead atoms. The molecule has 0 radical (unpaired) electrons. The monoisotopic (exact) mass is 457 g/mol. The molecule has 0 unspecified atom stereocenters. The van der Waals surface area contributed by atoms with E-state index in [9.17, 15) is 19.2 Å². The molecule has 6 fully saturated rings. The number of carbonyl (C=O) groups excluding carboxylic acids is 4. The number of hydrogen-bond acceptors (Lipinski definition) is 8. The summed E-state index contributed by atoms with van der Waals surface area (Å²) in [6.45, 7) is 8.98. The first-order valence-corrected chi connectivity index (χ1v) is 12.2. The molecule has 8 atom stereocenters. The van der Waals surface area contributed by atoms with Crippen molar-refractivity contribution >= 4 is 23.7 Å². The number of ketones is 1. The molecule has 6 rings (SSSR count). The molecule has 3 aliphatic carbocycles. The zero-order valence-corrected chi connectivity index (χ0v) is 19.2. The summed E-state index contributed by atoms with van der Waals surface area (Å²) in [5, 5.41) is 3.13. The zero-order chi connectivity index (χ0) is 23.3. The lowest BCUT2D eigenvalue weighted by Crippen LogP contribution is -2.71. The smallest absolute Gasteiger partial charge is 0.324 e. The third-order valence-electron chi connectivity index (χ3n) is 9.74. The van der Waals surface area contributed by atoms with Crippen molar-refractivity contribution in [2.24, 2.45) is 34.0 Å². The highest BCUT2D eigenvalue weighted by molar-refractivity contribution is 6.16. The summed E-state index contributed by atoms with van der Waals surface area (Å²) >= 11 is 0. The molecule has 8 heteroatoms. The maximum Gasteiger partial charge on any atom is 0.324 e. The molecule has 1 N–H and O–H groups in total. The van der Waals surface area contributed by atoms with Crippen LogP contribution in [-0.2, 0) is 33.4 Å². The molecule has 3 aliphatic heterocycles. The first kappa shape index (κ1) is 21.3. The van der Waals surface area contributed by atoms with Gasteiger partial charge in [0, 0.05) is 5.92 Å². The summed E-state index contributed by atoms with van der Waals surface area (Å²) in [5.74, 6) is -3.11. The highest BCUT2D eigenvalue weighted by Crippen LogP contribution is 2.71. The van der Waals surface area contributed by atoms with E-state index in [2.05, 4.69) is 25.7 Å². The van der Waals surface area contributed by atoms with E-state index in [1.54, 1.807) is 0 Å². The molecular formula is C25H31NO7. The van der Waals surface area contributed by atoms with Crippen LogP contribution >= 0.6 is 0 Å². The third-order valence-corrected chi connectivity index (χ3v) is 9.74. The number of nitrogens with one attached hydrogen (secondary N) is 1. The fourth-order valence-electron chi connectivity index (χ4n) is 8.38. The van der Waals surface area contributed by atoms with Crippen molar-refractivity contribution in [1.82, 2.24) is 5.32 Å². The predicted molar refractivity (Wildman–Crippen MR) is 113 cm³/mol. The lowest BCUT2D eigenvalue weighted by molar-refractivity contribution is -0.247.